The van der Waals surface area contributed by atoms with E-state index in [-0.39, 0.29) is 11.6 Å². The van der Waals surface area contributed by atoms with Crippen molar-refractivity contribution in [3.05, 3.63) is 65.0 Å². The number of benzene rings is 2. The zero-order valence-electron chi connectivity index (χ0n) is 10.8. The number of nitriles is 1. The summed E-state index contributed by atoms with van der Waals surface area (Å²) in [5.41, 5.74) is 3.09. The van der Waals surface area contributed by atoms with Gasteiger partial charge < -0.3 is 10.1 Å². The predicted molar refractivity (Wildman–Crippen MR) is 73.6 cm³/mol. The zero-order valence-corrected chi connectivity index (χ0v) is 10.8. The maximum Gasteiger partial charge on any atom is 0.141 e. The molecule has 2 aromatic rings. The molecule has 0 saturated heterocycles. The number of fused-ring (bicyclic) bond motifs is 1. The minimum Gasteiger partial charge on any atom is -0.376 e. The van der Waals surface area contributed by atoms with Crippen LogP contribution in [0.15, 0.2) is 42.5 Å². The van der Waals surface area contributed by atoms with Gasteiger partial charge in [-0.05, 0) is 29.3 Å². The van der Waals surface area contributed by atoms with Gasteiger partial charge in [-0.2, -0.15) is 5.26 Å². The van der Waals surface area contributed by atoms with Crippen LogP contribution in [-0.4, -0.2) is 6.61 Å². The van der Waals surface area contributed by atoms with Crippen LogP contribution in [0, 0.1) is 17.1 Å². The fourth-order valence-corrected chi connectivity index (χ4v) is 2.40. The molecule has 3 nitrogen and oxygen atoms in total. The van der Waals surface area contributed by atoms with Gasteiger partial charge in [0.05, 0.1) is 24.8 Å². The molecule has 0 aromatic heterocycles. The first-order chi connectivity index (χ1) is 9.78. The molecule has 0 fully saturated rings. The summed E-state index contributed by atoms with van der Waals surface area (Å²) in [6.07, 6.45) is 0. The number of nitrogens with zero attached hydrogens (tertiary/aromatic N) is 1. The first kappa shape index (κ1) is 12.6. The van der Waals surface area contributed by atoms with Crippen molar-refractivity contribution >= 4 is 5.69 Å². The highest BCUT2D eigenvalue weighted by molar-refractivity contribution is 5.52. The van der Waals surface area contributed by atoms with Gasteiger partial charge in [-0.15, -0.1) is 0 Å². The molecule has 20 heavy (non-hydrogen) atoms. The summed E-state index contributed by atoms with van der Waals surface area (Å²) in [4.78, 5) is 0. The van der Waals surface area contributed by atoms with Gasteiger partial charge >= 0.3 is 0 Å². The van der Waals surface area contributed by atoms with Crippen molar-refractivity contribution in [3.8, 4) is 6.07 Å². The minimum absolute atomic E-state index is 0.0111. The lowest BCUT2D eigenvalue weighted by molar-refractivity contribution is 0.0970. The zero-order chi connectivity index (χ0) is 13.9. The summed E-state index contributed by atoms with van der Waals surface area (Å²) in [6.45, 7) is 1.16. The highest BCUT2D eigenvalue weighted by Crippen LogP contribution is 2.28. The minimum atomic E-state index is -0.502. The molecular formula is C16H13FN2O. The van der Waals surface area contributed by atoms with Gasteiger partial charge in [-0.25, -0.2) is 4.39 Å². The number of halogens is 1. The van der Waals surface area contributed by atoms with Crippen molar-refractivity contribution in [2.24, 2.45) is 0 Å². The molecule has 0 spiro atoms. The number of hydrogen-bond acceptors (Lipinski definition) is 3. The third-order valence-corrected chi connectivity index (χ3v) is 3.40. The molecule has 0 saturated carbocycles. The van der Waals surface area contributed by atoms with Gasteiger partial charge in [-0.3, -0.25) is 0 Å². The Morgan fingerprint density at radius 3 is 2.95 bits per heavy atom. The van der Waals surface area contributed by atoms with Crippen molar-refractivity contribution in [2.45, 2.75) is 12.6 Å². The maximum absolute atomic E-state index is 13.3. The van der Waals surface area contributed by atoms with E-state index in [2.05, 4.69) is 11.4 Å². The smallest absolute Gasteiger partial charge is 0.141 e. The van der Waals surface area contributed by atoms with E-state index in [1.165, 1.54) is 17.7 Å². The van der Waals surface area contributed by atoms with Crippen LogP contribution in [-0.2, 0) is 11.3 Å². The van der Waals surface area contributed by atoms with Gasteiger partial charge in [0.15, 0.2) is 0 Å². The van der Waals surface area contributed by atoms with E-state index in [1.54, 1.807) is 6.07 Å². The Balaban J connectivity index is 1.88. The van der Waals surface area contributed by atoms with Crippen LogP contribution in [0.25, 0.3) is 0 Å². The number of rotatable bonds is 2. The molecule has 1 atom stereocenters. The standard InChI is InChI=1S/C16H13FN2O/c17-15-6-5-13(7-12(15)8-18)19-16-10-20-9-11-3-1-2-4-14(11)16/h1-7,16,19H,9-10H2. The maximum atomic E-state index is 13.3. The number of ether oxygens (including phenoxy) is 1. The molecule has 0 aliphatic carbocycles. The quantitative estimate of drug-likeness (QED) is 0.908. The first-order valence-corrected chi connectivity index (χ1v) is 6.39. The van der Waals surface area contributed by atoms with E-state index in [9.17, 15) is 4.39 Å². The largest absolute Gasteiger partial charge is 0.376 e. The van der Waals surface area contributed by atoms with Gasteiger partial charge in [0.2, 0.25) is 0 Å². The number of nitrogens with one attached hydrogen (secondary N) is 1. The van der Waals surface area contributed by atoms with Crippen molar-refractivity contribution < 1.29 is 9.13 Å². The van der Waals surface area contributed by atoms with Gasteiger partial charge in [0.25, 0.3) is 0 Å². The molecule has 0 radical (unpaired) electrons. The lowest BCUT2D eigenvalue weighted by Crippen LogP contribution is -2.23. The molecule has 1 heterocycles. The Bertz CT molecular complexity index is 678. The van der Waals surface area contributed by atoms with E-state index >= 15 is 0 Å². The summed E-state index contributed by atoms with van der Waals surface area (Å²) in [6, 6.07) is 14.4. The van der Waals surface area contributed by atoms with Crippen LogP contribution in [0.2, 0.25) is 0 Å². The molecule has 0 amide bonds. The summed E-state index contributed by atoms with van der Waals surface area (Å²) in [7, 11) is 0. The van der Waals surface area contributed by atoms with Gasteiger partial charge in [0, 0.05) is 5.69 Å². The van der Waals surface area contributed by atoms with E-state index in [4.69, 9.17) is 10.00 Å². The van der Waals surface area contributed by atoms with Crippen LogP contribution < -0.4 is 5.32 Å². The third kappa shape index (κ3) is 2.36. The normalized spacial score (nSPS) is 17.1. The predicted octanol–water partition coefficient (Wildman–Crippen LogP) is 3.38. The van der Waals surface area contributed by atoms with Gasteiger partial charge in [-0.1, -0.05) is 24.3 Å². The molecule has 1 N–H and O–H groups in total. The van der Waals surface area contributed by atoms with E-state index in [0.717, 1.165) is 5.56 Å². The highest BCUT2D eigenvalue weighted by Gasteiger charge is 2.20. The van der Waals surface area contributed by atoms with Crippen LogP contribution in [0.5, 0.6) is 0 Å². The molecule has 0 bridgehead atoms. The second kappa shape index (κ2) is 5.32. The molecule has 4 heteroatoms. The molecule has 2 aromatic carbocycles. The second-order valence-corrected chi connectivity index (χ2v) is 4.72. The third-order valence-electron chi connectivity index (χ3n) is 3.40. The Kier molecular flexibility index (Phi) is 3.36. The van der Waals surface area contributed by atoms with Crippen molar-refractivity contribution in [1.82, 2.24) is 0 Å². The average Bonchev–Trinajstić information content (AvgIpc) is 2.49. The summed E-state index contributed by atoms with van der Waals surface area (Å²) in [5.74, 6) is -0.502. The van der Waals surface area contributed by atoms with E-state index < -0.39 is 5.82 Å². The number of anilines is 1. The second-order valence-electron chi connectivity index (χ2n) is 4.72. The SMILES string of the molecule is N#Cc1cc(NC2COCc3ccccc32)ccc1F. The summed E-state index contributed by atoms with van der Waals surface area (Å²) < 4.78 is 18.9. The Morgan fingerprint density at radius 2 is 2.10 bits per heavy atom. The lowest BCUT2D eigenvalue weighted by atomic mass is 9.99. The van der Waals surface area contributed by atoms with E-state index in [0.29, 0.717) is 18.9 Å². The van der Waals surface area contributed by atoms with Crippen LogP contribution in [0.4, 0.5) is 10.1 Å². The first-order valence-electron chi connectivity index (χ1n) is 6.39. The van der Waals surface area contributed by atoms with Crippen molar-refractivity contribution in [2.75, 3.05) is 11.9 Å². The molecular weight excluding hydrogens is 255 g/mol. The Labute approximate surface area is 116 Å². The molecule has 1 unspecified atom stereocenters. The average molecular weight is 268 g/mol. The monoisotopic (exact) mass is 268 g/mol. The van der Waals surface area contributed by atoms with Crippen LogP contribution >= 0.6 is 0 Å². The summed E-state index contributed by atoms with van der Waals surface area (Å²) in [5, 5.41) is 12.2. The lowest BCUT2D eigenvalue weighted by Gasteiger charge is -2.27. The van der Waals surface area contributed by atoms with Crippen molar-refractivity contribution in [1.29, 1.82) is 5.26 Å². The number of hydrogen-bond donors (Lipinski definition) is 1. The summed E-state index contributed by atoms with van der Waals surface area (Å²) >= 11 is 0. The van der Waals surface area contributed by atoms with E-state index in [1.807, 2.05) is 24.3 Å². The Morgan fingerprint density at radius 1 is 1.25 bits per heavy atom. The fraction of sp³-hybridized carbons (Fsp3) is 0.188. The molecule has 3 rings (SSSR count). The molecule has 1 aliphatic heterocycles. The van der Waals surface area contributed by atoms with Gasteiger partial charge in [0.1, 0.15) is 11.9 Å². The highest BCUT2D eigenvalue weighted by atomic mass is 19.1. The fourth-order valence-electron chi connectivity index (χ4n) is 2.40. The topological polar surface area (TPSA) is 45.0 Å². The van der Waals surface area contributed by atoms with Crippen LogP contribution in [0.3, 0.4) is 0 Å². The molecule has 100 valence electrons. The van der Waals surface area contributed by atoms with Crippen LogP contribution in [0.1, 0.15) is 22.7 Å². The molecule has 1 aliphatic rings. The van der Waals surface area contributed by atoms with Crippen molar-refractivity contribution in [3.63, 3.8) is 0 Å². The Hall–Kier alpha value is -2.38.